The fraction of sp³-hybridized carbons (Fsp3) is 0.900. The van der Waals surface area contributed by atoms with Gasteiger partial charge in [0.15, 0.2) is 0 Å². The lowest BCUT2D eigenvalue weighted by Gasteiger charge is -2.43. The molecule has 1 saturated carbocycles. The van der Waals surface area contributed by atoms with Gasteiger partial charge in [0.1, 0.15) is 0 Å². The summed E-state index contributed by atoms with van der Waals surface area (Å²) in [5, 5.41) is 8.87. The third kappa shape index (κ3) is 6.55. The highest BCUT2D eigenvalue weighted by Gasteiger charge is 2.36. The minimum Gasteiger partial charge on any atom is -0.392 e. The molecule has 21 heavy (non-hydrogen) atoms. The summed E-state index contributed by atoms with van der Waals surface area (Å²) >= 11 is 0. The lowest BCUT2D eigenvalue weighted by Crippen LogP contribution is -2.33. The van der Waals surface area contributed by atoms with Crippen molar-refractivity contribution in [3.8, 4) is 0 Å². The van der Waals surface area contributed by atoms with Gasteiger partial charge in [-0.2, -0.15) is 0 Å². The Morgan fingerprint density at radius 2 is 2.05 bits per heavy atom. The van der Waals surface area contributed by atoms with E-state index in [0.29, 0.717) is 5.41 Å². The van der Waals surface area contributed by atoms with Crippen LogP contribution in [0.15, 0.2) is 11.6 Å². The Hall–Kier alpha value is -0.300. The molecular formula is C20H38O. The fourth-order valence-corrected chi connectivity index (χ4v) is 4.31. The van der Waals surface area contributed by atoms with Crippen LogP contribution >= 0.6 is 0 Å². The molecule has 1 fully saturated rings. The van der Waals surface area contributed by atoms with Gasteiger partial charge in [0.05, 0.1) is 6.61 Å². The van der Waals surface area contributed by atoms with Crippen LogP contribution in [-0.2, 0) is 0 Å². The van der Waals surface area contributed by atoms with Gasteiger partial charge in [-0.1, -0.05) is 65.0 Å². The number of hydrogen-bond donors (Lipinski definition) is 1. The standard InChI is InChI=1S/C20H38O/c1-16(8-6-9-17(2)13-15-21)11-12-19-18(3)10-7-14-20(19,4)5/h13,16,18-19,21H,6-12,14-15H2,1-5H3/b17-13+/t16-,18-,19-/m0/s1. The SMILES string of the molecule is C/C(=C\CO)CCC[C@H](C)CC[C@H]1[C@@H](C)CCCC1(C)C. The monoisotopic (exact) mass is 294 g/mol. The van der Waals surface area contributed by atoms with E-state index < -0.39 is 0 Å². The van der Waals surface area contributed by atoms with Crippen molar-refractivity contribution in [3.05, 3.63) is 11.6 Å². The lowest BCUT2D eigenvalue weighted by molar-refractivity contribution is 0.0707. The first-order valence-electron chi connectivity index (χ1n) is 9.13. The Labute approximate surface area is 133 Å². The zero-order valence-corrected chi connectivity index (χ0v) is 15.1. The van der Waals surface area contributed by atoms with Crippen molar-refractivity contribution >= 4 is 0 Å². The molecule has 1 N–H and O–H groups in total. The highest BCUT2D eigenvalue weighted by Crippen LogP contribution is 2.46. The van der Waals surface area contributed by atoms with E-state index in [0.717, 1.165) is 24.2 Å². The maximum Gasteiger partial charge on any atom is 0.0614 e. The Morgan fingerprint density at radius 1 is 1.33 bits per heavy atom. The molecule has 0 aliphatic heterocycles. The second-order valence-electron chi connectivity index (χ2n) is 8.27. The molecule has 1 rings (SSSR count). The zero-order valence-electron chi connectivity index (χ0n) is 15.1. The van der Waals surface area contributed by atoms with Gasteiger partial charge in [0.2, 0.25) is 0 Å². The molecule has 0 bridgehead atoms. The molecule has 0 amide bonds. The molecule has 0 heterocycles. The van der Waals surface area contributed by atoms with E-state index in [2.05, 4.69) is 34.6 Å². The molecule has 3 atom stereocenters. The van der Waals surface area contributed by atoms with Crippen LogP contribution in [0.3, 0.4) is 0 Å². The molecule has 0 aromatic rings. The first kappa shape index (κ1) is 18.7. The first-order valence-corrected chi connectivity index (χ1v) is 9.13. The van der Waals surface area contributed by atoms with Crippen LogP contribution in [0.2, 0.25) is 0 Å². The Balaban J connectivity index is 2.28. The second-order valence-corrected chi connectivity index (χ2v) is 8.27. The predicted molar refractivity (Wildman–Crippen MR) is 93.4 cm³/mol. The number of allylic oxidation sites excluding steroid dienone is 1. The number of hydrogen-bond acceptors (Lipinski definition) is 1. The van der Waals surface area contributed by atoms with Crippen LogP contribution in [0.5, 0.6) is 0 Å². The van der Waals surface area contributed by atoms with E-state index in [1.54, 1.807) is 0 Å². The van der Waals surface area contributed by atoms with E-state index >= 15 is 0 Å². The molecule has 1 aliphatic carbocycles. The van der Waals surface area contributed by atoms with Crippen molar-refractivity contribution in [1.29, 1.82) is 0 Å². The van der Waals surface area contributed by atoms with Gasteiger partial charge in [-0.3, -0.25) is 0 Å². The van der Waals surface area contributed by atoms with Crippen molar-refractivity contribution < 1.29 is 5.11 Å². The number of rotatable bonds is 8. The van der Waals surface area contributed by atoms with E-state index in [9.17, 15) is 0 Å². The van der Waals surface area contributed by atoms with Crippen molar-refractivity contribution in [1.82, 2.24) is 0 Å². The summed E-state index contributed by atoms with van der Waals surface area (Å²) in [5.74, 6) is 2.68. The summed E-state index contributed by atoms with van der Waals surface area (Å²) in [7, 11) is 0. The van der Waals surface area contributed by atoms with E-state index in [1.165, 1.54) is 50.5 Å². The van der Waals surface area contributed by atoms with E-state index in [4.69, 9.17) is 5.11 Å². The minimum atomic E-state index is 0.191. The first-order chi connectivity index (χ1) is 9.86. The average molecular weight is 295 g/mol. The van der Waals surface area contributed by atoms with Crippen LogP contribution < -0.4 is 0 Å². The summed E-state index contributed by atoms with van der Waals surface area (Å²) < 4.78 is 0. The van der Waals surface area contributed by atoms with Crippen LogP contribution in [0.1, 0.15) is 86.0 Å². The van der Waals surface area contributed by atoms with Gasteiger partial charge in [0.25, 0.3) is 0 Å². The summed E-state index contributed by atoms with van der Waals surface area (Å²) in [4.78, 5) is 0. The maximum absolute atomic E-state index is 8.87. The third-order valence-electron chi connectivity index (χ3n) is 5.85. The number of aliphatic hydroxyl groups excluding tert-OH is 1. The van der Waals surface area contributed by atoms with Crippen LogP contribution in [0, 0.1) is 23.2 Å². The van der Waals surface area contributed by atoms with Gasteiger partial charge >= 0.3 is 0 Å². The fourth-order valence-electron chi connectivity index (χ4n) is 4.31. The molecule has 1 heteroatoms. The molecular weight excluding hydrogens is 256 g/mol. The van der Waals surface area contributed by atoms with Gasteiger partial charge in [-0.05, 0) is 55.8 Å². The van der Waals surface area contributed by atoms with Gasteiger partial charge in [-0.25, -0.2) is 0 Å². The molecule has 0 spiro atoms. The summed E-state index contributed by atoms with van der Waals surface area (Å²) in [6.45, 7) is 12.2. The predicted octanol–water partition coefficient (Wildman–Crippen LogP) is 5.97. The van der Waals surface area contributed by atoms with Crippen LogP contribution in [0.25, 0.3) is 0 Å². The van der Waals surface area contributed by atoms with Crippen molar-refractivity contribution in [3.63, 3.8) is 0 Å². The molecule has 124 valence electrons. The smallest absolute Gasteiger partial charge is 0.0614 e. The van der Waals surface area contributed by atoms with Gasteiger partial charge < -0.3 is 5.11 Å². The van der Waals surface area contributed by atoms with Gasteiger partial charge in [0, 0.05) is 0 Å². The molecule has 0 aromatic carbocycles. The van der Waals surface area contributed by atoms with Crippen molar-refractivity contribution in [2.75, 3.05) is 6.61 Å². The largest absolute Gasteiger partial charge is 0.392 e. The average Bonchev–Trinajstić information content (AvgIpc) is 2.37. The molecule has 0 saturated heterocycles. The Kier molecular flexibility index (Phi) is 8.02. The molecule has 0 radical (unpaired) electrons. The van der Waals surface area contributed by atoms with Crippen molar-refractivity contribution in [2.45, 2.75) is 86.0 Å². The summed E-state index contributed by atoms with van der Waals surface area (Å²) in [5.41, 5.74) is 1.89. The minimum absolute atomic E-state index is 0.191. The molecule has 1 aliphatic rings. The summed E-state index contributed by atoms with van der Waals surface area (Å²) in [6.07, 6.45) is 12.8. The Bertz CT molecular complexity index is 316. The lowest BCUT2D eigenvalue weighted by atomic mass is 9.62. The summed E-state index contributed by atoms with van der Waals surface area (Å²) in [6, 6.07) is 0. The van der Waals surface area contributed by atoms with E-state index in [-0.39, 0.29) is 6.61 Å². The quantitative estimate of drug-likeness (QED) is 0.546. The number of aliphatic hydroxyl groups is 1. The molecule has 1 nitrogen and oxygen atoms in total. The van der Waals surface area contributed by atoms with Crippen LogP contribution in [0.4, 0.5) is 0 Å². The Morgan fingerprint density at radius 3 is 2.67 bits per heavy atom. The molecule has 0 unspecified atom stereocenters. The normalized spacial score (nSPS) is 27.6. The highest BCUT2D eigenvalue weighted by atomic mass is 16.2. The molecule has 0 aromatic heterocycles. The zero-order chi connectivity index (χ0) is 15.9. The van der Waals surface area contributed by atoms with Crippen LogP contribution in [-0.4, -0.2) is 11.7 Å². The van der Waals surface area contributed by atoms with Crippen molar-refractivity contribution in [2.24, 2.45) is 23.2 Å². The second kappa shape index (κ2) is 8.98. The third-order valence-corrected chi connectivity index (χ3v) is 5.85. The topological polar surface area (TPSA) is 20.2 Å². The maximum atomic E-state index is 8.87. The van der Waals surface area contributed by atoms with E-state index in [1.807, 2.05) is 6.08 Å². The highest BCUT2D eigenvalue weighted by molar-refractivity contribution is 4.97. The van der Waals surface area contributed by atoms with Gasteiger partial charge in [-0.15, -0.1) is 0 Å².